The van der Waals surface area contributed by atoms with Gasteiger partial charge in [0.25, 0.3) is 0 Å². The van der Waals surface area contributed by atoms with Crippen LogP contribution in [0, 0.1) is 0 Å². The van der Waals surface area contributed by atoms with Crippen molar-refractivity contribution in [1.82, 2.24) is 24.9 Å². The fraction of sp³-hybridized carbons (Fsp3) is 0.649. The smallest absolute Gasteiger partial charge is 0.437 e. The van der Waals surface area contributed by atoms with E-state index in [1.54, 1.807) is 46.4 Å². The average Bonchev–Trinajstić information content (AvgIpc) is 3.75. The van der Waals surface area contributed by atoms with E-state index in [0.29, 0.717) is 24.7 Å². The first-order valence-corrected chi connectivity index (χ1v) is 17.8. The van der Waals surface area contributed by atoms with Crippen molar-refractivity contribution in [3.8, 4) is 11.4 Å². The van der Waals surface area contributed by atoms with E-state index in [0.717, 1.165) is 35.9 Å². The molecule has 1 aromatic carbocycles. The van der Waals surface area contributed by atoms with Gasteiger partial charge in [-0.15, -0.1) is 4.99 Å². The summed E-state index contributed by atoms with van der Waals surface area (Å²) >= 11 is 0. The molecule has 4 rings (SSSR count). The van der Waals surface area contributed by atoms with Gasteiger partial charge in [-0.25, -0.2) is 9.59 Å². The highest BCUT2D eigenvalue weighted by atomic mass is 16.6. The fourth-order valence-corrected chi connectivity index (χ4v) is 6.07. The number of hydrogen-bond acceptors (Lipinski definition) is 7. The third kappa shape index (κ3) is 11.1. The minimum absolute atomic E-state index is 0.0221. The van der Waals surface area contributed by atoms with Crippen LogP contribution in [0.1, 0.15) is 137 Å². The van der Waals surface area contributed by atoms with Crippen LogP contribution in [0.5, 0.6) is 0 Å². The van der Waals surface area contributed by atoms with Gasteiger partial charge in [-0.1, -0.05) is 88.1 Å². The molecule has 0 aliphatic carbocycles. The number of aryl methyl sites for hydroxylation is 1. The number of para-hydroxylation sites is 1. The molecule has 11 heteroatoms. The Morgan fingerprint density at radius 1 is 0.938 bits per heavy atom. The second-order valence-corrected chi connectivity index (χ2v) is 14.8. The Kier molecular flexibility index (Phi) is 13.1. The third-order valence-electron chi connectivity index (χ3n) is 8.24. The first-order chi connectivity index (χ1) is 22.8. The molecule has 0 radical (unpaired) electrons. The van der Waals surface area contributed by atoms with Crippen molar-refractivity contribution in [1.29, 1.82) is 0 Å². The summed E-state index contributed by atoms with van der Waals surface area (Å²) in [6, 6.07) is 7.91. The Morgan fingerprint density at radius 3 is 2.25 bits per heavy atom. The molecule has 1 fully saturated rings. The zero-order valence-electron chi connectivity index (χ0n) is 30.1. The van der Waals surface area contributed by atoms with Crippen LogP contribution in [0.3, 0.4) is 0 Å². The SMILES string of the molecule is CCCCCCCCCCCCn1cc(-c2noc([C@@H]3CCCN3/C(=N\C(=O)OC(C)(C)C)NC(=O)OC(C)(C)C)n2)c2ccccc21. The summed E-state index contributed by atoms with van der Waals surface area (Å²) in [7, 11) is 0. The van der Waals surface area contributed by atoms with Crippen LogP contribution in [-0.2, 0) is 16.0 Å². The van der Waals surface area contributed by atoms with E-state index >= 15 is 0 Å². The zero-order valence-corrected chi connectivity index (χ0v) is 30.1. The predicted octanol–water partition coefficient (Wildman–Crippen LogP) is 9.56. The first kappa shape index (κ1) is 36.9. The molecule has 264 valence electrons. The van der Waals surface area contributed by atoms with Gasteiger partial charge >= 0.3 is 12.2 Å². The van der Waals surface area contributed by atoms with Gasteiger partial charge in [0, 0.05) is 35.8 Å². The van der Waals surface area contributed by atoms with Crippen molar-refractivity contribution < 1.29 is 23.6 Å². The molecule has 11 nitrogen and oxygen atoms in total. The van der Waals surface area contributed by atoms with Crippen LogP contribution in [0.2, 0.25) is 0 Å². The predicted molar refractivity (Wildman–Crippen MR) is 189 cm³/mol. The number of benzene rings is 1. The largest absolute Gasteiger partial charge is 0.444 e. The highest BCUT2D eigenvalue weighted by Crippen LogP contribution is 2.34. The van der Waals surface area contributed by atoms with Crippen LogP contribution in [-0.4, -0.2) is 55.5 Å². The van der Waals surface area contributed by atoms with E-state index in [1.807, 2.05) is 6.07 Å². The normalized spacial score (nSPS) is 15.7. The maximum atomic E-state index is 12.8. The van der Waals surface area contributed by atoms with Crippen molar-refractivity contribution in [3.05, 3.63) is 36.4 Å². The molecule has 3 heterocycles. The van der Waals surface area contributed by atoms with Crippen molar-refractivity contribution >= 4 is 29.0 Å². The molecular formula is C37H56N6O5. The van der Waals surface area contributed by atoms with Gasteiger partial charge in [0.2, 0.25) is 17.7 Å². The summed E-state index contributed by atoms with van der Waals surface area (Å²) in [4.78, 5) is 36.3. The molecule has 0 saturated carbocycles. The molecule has 2 aromatic heterocycles. The molecule has 0 spiro atoms. The summed E-state index contributed by atoms with van der Waals surface area (Å²) in [6.07, 6.45) is 15.0. The Labute approximate surface area is 285 Å². The topological polar surface area (TPSA) is 124 Å². The van der Waals surface area contributed by atoms with Crippen LogP contribution in [0.25, 0.3) is 22.3 Å². The number of fused-ring (bicyclic) bond motifs is 1. The Balaban J connectivity index is 1.47. The van der Waals surface area contributed by atoms with Crippen molar-refractivity contribution in [3.63, 3.8) is 0 Å². The number of aliphatic imine (C=N–C) groups is 1. The number of rotatable bonds is 13. The number of carbonyl (C=O) groups excluding carboxylic acids is 2. The number of amides is 2. The molecule has 1 atom stereocenters. The van der Waals surface area contributed by atoms with Gasteiger partial charge in [0.1, 0.15) is 17.2 Å². The lowest BCUT2D eigenvalue weighted by molar-refractivity contribution is 0.0553. The van der Waals surface area contributed by atoms with Gasteiger partial charge in [-0.05, 0) is 66.9 Å². The lowest BCUT2D eigenvalue weighted by atomic mass is 10.1. The quantitative estimate of drug-likeness (QED) is 0.109. The summed E-state index contributed by atoms with van der Waals surface area (Å²) in [5.74, 6) is 0.909. The van der Waals surface area contributed by atoms with Gasteiger partial charge in [0.05, 0.1) is 0 Å². The lowest BCUT2D eigenvalue weighted by Crippen LogP contribution is -2.46. The monoisotopic (exact) mass is 664 g/mol. The average molecular weight is 665 g/mol. The summed E-state index contributed by atoms with van der Waals surface area (Å²) in [6.45, 7) is 14.3. The number of nitrogens with one attached hydrogen (secondary N) is 1. The number of nitrogens with zero attached hydrogens (tertiary/aromatic N) is 5. The molecule has 3 aromatic rings. The molecule has 2 amide bonds. The molecule has 1 saturated heterocycles. The zero-order chi connectivity index (χ0) is 34.7. The van der Waals surface area contributed by atoms with Crippen LogP contribution < -0.4 is 5.32 Å². The number of alkyl carbamates (subject to hydrolysis) is 1. The molecule has 0 unspecified atom stereocenters. The van der Waals surface area contributed by atoms with Crippen LogP contribution in [0.4, 0.5) is 9.59 Å². The van der Waals surface area contributed by atoms with Crippen molar-refractivity contribution in [2.75, 3.05) is 6.54 Å². The standard InChI is InChI=1S/C37H56N6O5/c1-8-9-10-11-12-13-14-15-16-19-24-42-26-28(27-21-17-18-22-29(27)42)31-38-32(48-41-31)30-23-20-25-43(30)33(39-34(44)46-36(2,3)4)40-35(45)47-37(5,6)7/h17-18,21-22,26,30H,8-16,19-20,23-25H2,1-7H3,(H,39,40,44,45)/t30-/m0/s1. The van der Waals surface area contributed by atoms with E-state index in [4.69, 9.17) is 19.0 Å². The summed E-state index contributed by atoms with van der Waals surface area (Å²) in [5.41, 5.74) is 0.563. The number of hydrogen-bond donors (Lipinski definition) is 1. The van der Waals surface area contributed by atoms with E-state index in [1.165, 1.54) is 57.8 Å². The van der Waals surface area contributed by atoms with E-state index in [9.17, 15) is 9.59 Å². The van der Waals surface area contributed by atoms with Crippen molar-refractivity contribution in [2.24, 2.45) is 4.99 Å². The van der Waals surface area contributed by atoms with Gasteiger partial charge < -0.3 is 23.5 Å². The second-order valence-electron chi connectivity index (χ2n) is 14.8. The third-order valence-corrected chi connectivity index (χ3v) is 8.24. The number of unbranched alkanes of at least 4 members (excludes halogenated alkanes) is 9. The summed E-state index contributed by atoms with van der Waals surface area (Å²) in [5, 5.41) is 8.13. The molecular weight excluding hydrogens is 608 g/mol. The molecule has 0 bridgehead atoms. The van der Waals surface area contributed by atoms with Crippen molar-refractivity contribution in [2.45, 2.75) is 149 Å². The molecule has 1 aliphatic heterocycles. The fourth-order valence-electron chi connectivity index (χ4n) is 6.07. The molecule has 1 aliphatic rings. The van der Waals surface area contributed by atoms with E-state index in [2.05, 4.69) is 51.4 Å². The Morgan fingerprint density at radius 2 is 1.58 bits per heavy atom. The number of aromatic nitrogens is 3. The number of likely N-dealkylation sites (tertiary alicyclic amines) is 1. The van der Waals surface area contributed by atoms with Gasteiger partial charge in [-0.3, -0.25) is 5.32 Å². The highest BCUT2D eigenvalue weighted by molar-refractivity contribution is 5.99. The number of ether oxygens (including phenoxy) is 2. The highest BCUT2D eigenvalue weighted by Gasteiger charge is 2.35. The molecule has 48 heavy (non-hydrogen) atoms. The maximum absolute atomic E-state index is 12.8. The maximum Gasteiger partial charge on any atom is 0.437 e. The minimum Gasteiger partial charge on any atom is -0.444 e. The van der Waals surface area contributed by atoms with Gasteiger partial charge in [0.15, 0.2) is 0 Å². The number of carbonyl (C=O) groups is 2. The van der Waals surface area contributed by atoms with E-state index < -0.39 is 29.4 Å². The minimum atomic E-state index is -0.819. The molecule has 1 N–H and O–H groups in total. The van der Waals surface area contributed by atoms with Crippen LogP contribution >= 0.6 is 0 Å². The number of guanidine groups is 1. The van der Waals surface area contributed by atoms with Gasteiger partial charge in [-0.2, -0.15) is 4.98 Å². The Bertz CT molecular complexity index is 1510. The van der Waals surface area contributed by atoms with E-state index in [-0.39, 0.29) is 5.96 Å². The lowest BCUT2D eigenvalue weighted by Gasteiger charge is -2.27. The first-order valence-electron chi connectivity index (χ1n) is 17.8. The Hall–Kier alpha value is -3.89. The summed E-state index contributed by atoms with van der Waals surface area (Å²) < 4.78 is 19.0. The second kappa shape index (κ2) is 17.0. The van der Waals surface area contributed by atoms with Crippen LogP contribution in [0.15, 0.2) is 40.0 Å².